The first-order chi connectivity index (χ1) is 9.78. The first kappa shape index (κ1) is 15.8. The molecule has 114 valence electrons. The summed E-state index contributed by atoms with van der Waals surface area (Å²) in [6.45, 7) is 3.40. The van der Waals surface area contributed by atoms with Crippen molar-refractivity contribution in [2.45, 2.75) is 63.1 Å². The summed E-state index contributed by atoms with van der Waals surface area (Å²) in [6.07, 6.45) is 9.87. The van der Waals surface area contributed by atoms with Gasteiger partial charge in [0.25, 0.3) is 0 Å². The molecule has 0 aromatic heterocycles. The largest absolute Gasteiger partial charge is 0.383 e. The van der Waals surface area contributed by atoms with Crippen molar-refractivity contribution >= 4 is 0 Å². The Kier molecular flexibility index (Phi) is 6.28. The van der Waals surface area contributed by atoms with Gasteiger partial charge < -0.3 is 9.47 Å². The van der Waals surface area contributed by atoms with Crippen LogP contribution in [0.25, 0.3) is 0 Å². The molecule has 0 aromatic carbocycles. The molecule has 0 aromatic rings. The van der Waals surface area contributed by atoms with Gasteiger partial charge >= 0.3 is 0 Å². The van der Waals surface area contributed by atoms with E-state index in [1.807, 2.05) is 0 Å². The van der Waals surface area contributed by atoms with Gasteiger partial charge in [0, 0.05) is 33.2 Å². The third kappa shape index (κ3) is 4.44. The fraction of sp³-hybridized carbons (Fsp3) is 0.938. The summed E-state index contributed by atoms with van der Waals surface area (Å²) in [5.74, 6) is 0. The van der Waals surface area contributed by atoms with E-state index in [-0.39, 0.29) is 5.60 Å². The fourth-order valence-corrected chi connectivity index (χ4v) is 3.60. The summed E-state index contributed by atoms with van der Waals surface area (Å²) in [7, 11) is 1.73. The van der Waals surface area contributed by atoms with Crippen molar-refractivity contribution in [2.75, 3.05) is 33.4 Å². The smallest absolute Gasteiger partial charge is 0.0710 e. The molecule has 1 unspecified atom stereocenters. The van der Waals surface area contributed by atoms with Crippen LogP contribution in [-0.2, 0) is 9.47 Å². The summed E-state index contributed by atoms with van der Waals surface area (Å²) in [5.41, 5.74) is 0.199. The zero-order valence-electron chi connectivity index (χ0n) is 12.8. The van der Waals surface area contributed by atoms with E-state index < -0.39 is 0 Å². The summed E-state index contributed by atoms with van der Waals surface area (Å²) in [4.78, 5) is 2.32. The second kappa shape index (κ2) is 7.97. The molecule has 1 spiro atoms. The number of hydrogen-bond donors (Lipinski definition) is 0. The molecule has 1 heterocycles. The van der Waals surface area contributed by atoms with Crippen molar-refractivity contribution in [1.82, 2.24) is 4.90 Å². The Morgan fingerprint density at radius 2 is 2.05 bits per heavy atom. The predicted octanol–water partition coefficient (Wildman–Crippen LogP) is 2.73. The van der Waals surface area contributed by atoms with Crippen molar-refractivity contribution in [2.24, 2.45) is 0 Å². The van der Waals surface area contributed by atoms with Crippen molar-refractivity contribution in [3.8, 4) is 6.07 Å². The summed E-state index contributed by atoms with van der Waals surface area (Å²) >= 11 is 0. The van der Waals surface area contributed by atoms with E-state index in [4.69, 9.17) is 14.7 Å². The third-order valence-electron chi connectivity index (χ3n) is 4.72. The van der Waals surface area contributed by atoms with E-state index in [0.717, 1.165) is 26.2 Å². The van der Waals surface area contributed by atoms with Gasteiger partial charge in [-0.05, 0) is 25.7 Å². The SMILES string of the molecule is COCCN(CCC#N)CC1CCC2(CCCCC2)O1. The summed E-state index contributed by atoms with van der Waals surface area (Å²) in [6, 6.07) is 2.23. The monoisotopic (exact) mass is 280 g/mol. The van der Waals surface area contributed by atoms with Crippen LogP contribution in [-0.4, -0.2) is 50.0 Å². The molecular formula is C16H28N2O2. The second-order valence-electron chi connectivity index (χ2n) is 6.22. The molecule has 0 N–H and O–H groups in total. The first-order valence-electron chi connectivity index (χ1n) is 8.04. The Hall–Kier alpha value is -0.630. The van der Waals surface area contributed by atoms with E-state index in [0.29, 0.717) is 12.5 Å². The lowest BCUT2D eigenvalue weighted by Crippen LogP contribution is -2.38. The standard InChI is InChI=1S/C16H28N2O2/c1-19-13-12-18(11-5-10-17)14-15-6-9-16(20-15)7-3-2-4-8-16/h15H,2-9,11-14H2,1H3. The molecule has 0 radical (unpaired) electrons. The Labute approximate surface area is 123 Å². The van der Waals surface area contributed by atoms with Crippen LogP contribution in [0.1, 0.15) is 51.4 Å². The van der Waals surface area contributed by atoms with Crippen LogP contribution < -0.4 is 0 Å². The maximum Gasteiger partial charge on any atom is 0.0710 e. The average molecular weight is 280 g/mol. The topological polar surface area (TPSA) is 45.5 Å². The normalized spacial score (nSPS) is 25.1. The Morgan fingerprint density at radius 3 is 2.75 bits per heavy atom. The maximum atomic E-state index is 8.76. The lowest BCUT2D eigenvalue weighted by molar-refractivity contribution is -0.0725. The molecule has 2 aliphatic rings. The van der Waals surface area contributed by atoms with E-state index in [1.54, 1.807) is 7.11 Å². The van der Waals surface area contributed by atoms with Crippen molar-refractivity contribution in [1.29, 1.82) is 5.26 Å². The van der Waals surface area contributed by atoms with Gasteiger partial charge in [-0.1, -0.05) is 19.3 Å². The van der Waals surface area contributed by atoms with Crippen LogP contribution in [0.15, 0.2) is 0 Å². The number of nitrogens with zero attached hydrogens (tertiary/aromatic N) is 2. The van der Waals surface area contributed by atoms with Crippen molar-refractivity contribution in [3.05, 3.63) is 0 Å². The molecule has 1 aliphatic heterocycles. The lowest BCUT2D eigenvalue weighted by Gasteiger charge is -2.34. The number of rotatable bonds is 7. The summed E-state index contributed by atoms with van der Waals surface area (Å²) in [5, 5.41) is 8.76. The Morgan fingerprint density at radius 1 is 1.25 bits per heavy atom. The third-order valence-corrected chi connectivity index (χ3v) is 4.72. The van der Waals surface area contributed by atoms with Gasteiger partial charge in [-0.15, -0.1) is 0 Å². The molecule has 1 saturated carbocycles. The quantitative estimate of drug-likeness (QED) is 0.719. The van der Waals surface area contributed by atoms with Crippen LogP contribution in [0.5, 0.6) is 0 Å². The Balaban J connectivity index is 1.79. The van der Waals surface area contributed by atoms with Crippen LogP contribution in [0.2, 0.25) is 0 Å². The zero-order chi connectivity index (χ0) is 14.3. The van der Waals surface area contributed by atoms with Crippen molar-refractivity contribution in [3.63, 3.8) is 0 Å². The predicted molar refractivity (Wildman–Crippen MR) is 78.5 cm³/mol. The molecule has 1 atom stereocenters. The first-order valence-corrected chi connectivity index (χ1v) is 8.04. The molecule has 1 saturated heterocycles. The van der Waals surface area contributed by atoms with E-state index in [1.165, 1.54) is 44.9 Å². The molecule has 0 amide bonds. The number of methoxy groups -OCH3 is 1. The van der Waals surface area contributed by atoms with Gasteiger partial charge in [-0.2, -0.15) is 5.26 Å². The van der Waals surface area contributed by atoms with Crippen LogP contribution in [0, 0.1) is 11.3 Å². The minimum atomic E-state index is 0.199. The van der Waals surface area contributed by atoms with Crippen molar-refractivity contribution < 1.29 is 9.47 Å². The minimum absolute atomic E-state index is 0.199. The average Bonchev–Trinajstić information content (AvgIpc) is 2.85. The maximum absolute atomic E-state index is 8.76. The highest BCUT2D eigenvalue weighted by molar-refractivity contribution is 4.92. The molecule has 0 bridgehead atoms. The van der Waals surface area contributed by atoms with Gasteiger partial charge in [0.1, 0.15) is 0 Å². The fourth-order valence-electron chi connectivity index (χ4n) is 3.60. The Bertz CT molecular complexity index is 321. The molecule has 1 aliphatic carbocycles. The molecule has 4 heteroatoms. The molecule has 2 fully saturated rings. The minimum Gasteiger partial charge on any atom is -0.383 e. The highest BCUT2D eigenvalue weighted by Gasteiger charge is 2.40. The van der Waals surface area contributed by atoms with Gasteiger partial charge in [0.15, 0.2) is 0 Å². The van der Waals surface area contributed by atoms with E-state index >= 15 is 0 Å². The van der Waals surface area contributed by atoms with E-state index in [9.17, 15) is 0 Å². The van der Waals surface area contributed by atoms with Crippen LogP contribution >= 0.6 is 0 Å². The molecule has 4 nitrogen and oxygen atoms in total. The number of hydrogen-bond acceptors (Lipinski definition) is 4. The van der Waals surface area contributed by atoms with E-state index in [2.05, 4.69) is 11.0 Å². The van der Waals surface area contributed by atoms with Gasteiger partial charge in [-0.25, -0.2) is 0 Å². The lowest BCUT2D eigenvalue weighted by atomic mass is 9.83. The second-order valence-corrected chi connectivity index (χ2v) is 6.22. The molecule has 2 rings (SSSR count). The molecular weight excluding hydrogens is 252 g/mol. The number of nitriles is 1. The highest BCUT2D eigenvalue weighted by atomic mass is 16.5. The number of ether oxygens (including phenoxy) is 2. The van der Waals surface area contributed by atoms with Crippen LogP contribution in [0.3, 0.4) is 0 Å². The van der Waals surface area contributed by atoms with Crippen LogP contribution in [0.4, 0.5) is 0 Å². The van der Waals surface area contributed by atoms with Gasteiger partial charge in [-0.3, -0.25) is 4.90 Å². The van der Waals surface area contributed by atoms with Gasteiger partial charge in [0.2, 0.25) is 0 Å². The summed E-state index contributed by atoms with van der Waals surface area (Å²) < 4.78 is 11.6. The molecule has 20 heavy (non-hydrogen) atoms. The zero-order valence-corrected chi connectivity index (χ0v) is 12.8. The highest BCUT2D eigenvalue weighted by Crippen LogP contribution is 2.41. The van der Waals surface area contributed by atoms with Gasteiger partial charge in [0.05, 0.1) is 24.4 Å².